The van der Waals surface area contributed by atoms with Gasteiger partial charge in [0.25, 0.3) is 0 Å². The molecular weight excluding hydrogens is 136 g/mol. The van der Waals surface area contributed by atoms with Gasteiger partial charge in [-0.15, -0.1) is 0 Å². The largest absolute Gasteiger partial charge is 0.295 e. The molecule has 0 unspecified atom stereocenters. The van der Waals surface area contributed by atoms with Gasteiger partial charge in [-0.25, -0.2) is 0 Å². The van der Waals surface area contributed by atoms with Gasteiger partial charge in [0.2, 0.25) is 0 Å². The van der Waals surface area contributed by atoms with Crippen LogP contribution in [-0.4, -0.2) is 5.78 Å². The lowest BCUT2D eigenvalue weighted by Crippen LogP contribution is -2.03. The minimum Gasteiger partial charge on any atom is -0.295 e. The predicted octanol–water partition coefficient (Wildman–Crippen LogP) is 2.96. The van der Waals surface area contributed by atoms with Gasteiger partial charge in [0.15, 0.2) is 5.78 Å². The van der Waals surface area contributed by atoms with Gasteiger partial charge in [-0.05, 0) is 17.9 Å². The van der Waals surface area contributed by atoms with Gasteiger partial charge in [0.05, 0.1) is 0 Å². The number of rotatable bonds is 5. The maximum absolute atomic E-state index is 11.1. The number of carbonyl (C=O) groups is 1. The SMILES string of the molecule is C=C(C[C@@H](C)CC)C(=O)CC. The summed E-state index contributed by atoms with van der Waals surface area (Å²) in [6, 6.07) is 0. The molecule has 0 bridgehead atoms. The molecule has 1 atom stereocenters. The van der Waals surface area contributed by atoms with Crippen LogP contribution in [-0.2, 0) is 4.79 Å². The monoisotopic (exact) mass is 154 g/mol. The van der Waals surface area contributed by atoms with Crippen molar-refractivity contribution in [1.29, 1.82) is 0 Å². The highest BCUT2D eigenvalue weighted by atomic mass is 16.1. The molecular formula is C10H18O. The van der Waals surface area contributed by atoms with E-state index in [1.54, 1.807) is 0 Å². The van der Waals surface area contributed by atoms with E-state index in [-0.39, 0.29) is 5.78 Å². The normalized spacial score (nSPS) is 12.6. The van der Waals surface area contributed by atoms with E-state index in [0.29, 0.717) is 12.3 Å². The van der Waals surface area contributed by atoms with Gasteiger partial charge in [-0.2, -0.15) is 0 Å². The van der Waals surface area contributed by atoms with E-state index in [1.807, 2.05) is 6.92 Å². The molecule has 0 aromatic rings. The number of Topliss-reactive ketones (excluding diaryl/α,β-unsaturated/α-hetero) is 1. The van der Waals surface area contributed by atoms with Crippen molar-refractivity contribution in [1.82, 2.24) is 0 Å². The highest BCUT2D eigenvalue weighted by molar-refractivity contribution is 5.94. The Labute approximate surface area is 69.5 Å². The first kappa shape index (κ1) is 10.4. The number of hydrogen-bond donors (Lipinski definition) is 0. The van der Waals surface area contributed by atoms with E-state index in [1.165, 1.54) is 0 Å². The Balaban J connectivity index is 3.77. The molecule has 0 rings (SSSR count). The molecule has 0 amide bonds. The second-order valence-electron chi connectivity index (χ2n) is 3.10. The Morgan fingerprint density at radius 2 is 2.00 bits per heavy atom. The number of ketones is 1. The molecule has 0 fully saturated rings. The van der Waals surface area contributed by atoms with E-state index >= 15 is 0 Å². The van der Waals surface area contributed by atoms with Crippen LogP contribution in [0.5, 0.6) is 0 Å². The lowest BCUT2D eigenvalue weighted by molar-refractivity contribution is -0.115. The summed E-state index contributed by atoms with van der Waals surface area (Å²) < 4.78 is 0. The zero-order valence-corrected chi connectivity index (χ0v) is 7.81. The first-order valence-electron chi connectivity index (χ1n) is 4.32. The van der Waals surface area contributed by atoms with Gasteiger partial charge in [0.1, 0.15) is 0 Å². The van der Waals surface area contributed by atoms with Gasteiger partial charge in [-0.1, -0.05) is 33.8 Å². The topological polar surface area (TPSA) is 17.1 Å². The van der Waals surface area contributed by atoms with Crippen LogP contribution < -0.4 is 0 Å². The third-order valence-corrected chi connectivity index (χ3v) is 2.01. The Hall–Kier alpha value is -0.590. The summed E-state index contributed by atoms with van der Waals surface area (Å²) in [6.45, 7) is 9.92. The fourth-order valence-electron chi connectivity index (χ4n) is 0.929. The molecule has 0 N–H and O–H groups in total. The van der Waals surface area contributed by atoms with Gasteiger partial charge in [0, 0.05) is 6.42 Å². The van der Waals surface area contributed by atoms with Crippen LogP contribution in [0.4, 0.5) is 0 Å². The smallest absolute Gasteiger partial charge is 0.158 e. The van der Waals surface area contributed by atoms with Crippen molar-refractivity contribution < 1.29 is 4.79 Å². The van der Waals surface area contributed by atoms with Crippen molar-refractivity contribution in [3.8, 4) is 0 Å². The van der Waals surface area contributed by atoms with Crippen molar-refractivity contribution in [2.75, 3.05) is 0 Å². The third kappa shape index (κ3) is 3.97. The third-order valence-electron chi connectivity index (χ3n) is 2.01. The van der Waals surface area contributed by atoms with Crippen molar-refractivity contribution in [3.63, 3.8) is 0 Å². The molecule has 0 radical (unpaired) electrons. The summed E-state index contributed by atoms with van der Waals surface area (Å²) in [7, 11) is 0. The predicted molar refractivity (Wildman–Crippen MR) is 48.5 cm³/mol. The number of hydrogen-bond acceptors (Lipinski definition) is 1. The molecule has 0 aromatic heterocycles. The van der Waals surface area contributed by atoms with Gasteiger partial charge >= 0.3 is 0 Å². The molecule has 64 valence electrons. The van der Waals surface area contributed by atoms with Gasteiger partial charge in [-0.3, -0.25) is 4.79 Å². The molecule has 11 heavy (non-hydrogen) atoms. The highest BCUT2D eigenvalue weighted by Crippen LogP contribution is 2.14. The van der Waals surface area contributed by atoms with E-state index in [4.69, 9.17) is 0 Å². The summed E-state index contributed by atoms with van der Waals surface area (Å²) in [6.07, 6.45) is 2.58. The second kappa shape index (κ2) is 5.11. The first-order chi connectivity index (χ1) is 5.11. The van der Waals surface area contributed by atoms with Crippen LogP contribution in [0.2, 0.25) is 0 Å². The molecule has 0 saturated heterocycles. The van der Waals surface area contributed by atoms with Crippen molar-refractivity contribution >= 4 is 5.78 Å². The van der Waals surface area contributed by atoms with E-state index in [9.17, 15) is 4.79 Å². The summed E-state index contributed by atoms with van der Waals surface area (Å²) in [5, 5.41) is 0. The van der Waals surface area contributed by atoms with Crippen LogP contribution >= 0.6 is 0 Å². The minimum absolute atomic E-state index is 0.213. The van der Waals surface area contributed by atoms with Crippen molar-refractivity contribution in [2.45, 2.75) is 40.0 Å². The molecule has 1 nitrogen and oxygen atoms in total. The van der Waals surface area contributed by atoms with Gasteiger partial charge < -0.3 is 0 Å². The minimum atomic E-state index is 0.213. The average molecular weight is 154 g/mol. The maximum atomic E-state index is 11.1. The molecule has 1 heteroatoms. The van der Waals surface area contributed by atoms with Crippen LogP contribution in [0.15, 0.2) is 12.2 Å². The molecule has 0 saturated carbocycles. The van der Waals surface area contributed by atoms with Crippen LogP contribution in [0, 0.1) is 5.92 Å². The van der Waals surface area contributed by atoms with Crippen molar-refractivity contribution in [2.24, 2.45) is 5.92 Å². The van der Waals surface area contributed by atoms with Crippen molar-refractivity contribution in [3.05, 3.63) is 12.2 Å². The molecule has 0 aliphatic carbocycles. The lowest BCUT2D eigenvalue weighted by atomic mass is 9.97. The van der Waals surface area contributed by atoms with Crippen LogP contribution in [0.25, 0.3) is 0 Å². The summed E-state index contributed by atoms with van der Waals surface area (Å²) in [5.74, 6) is 0.809. The van der Waals surface area contributed by atoms with E-state index in [0.717, 1.165) is 18.4 Å². The average Bonchev–Trinajstić information content (AvgIpc) is 2.02. The zero-order chi connectivity index (χ0) is 8.85. The van der Waals surface area contributed by atoms with Crippen LogP contribution in [0.3, 0.4) is 0 Å². The molecule has 0 aliphatic heterocycles. The standard InChI is InChI=1S/C10H18O/c1-5-8(3)7-9(4)10(11)6-2/h8H,4-7H2,1-3H3/t8-/m0/s1. The summed E-state index contributed by atoms with van der Waals surface area (Å²) in [5.41, 5.74) is 0.793. The Morgan fingerprint density at radius 1 is 1.45 bits per heavy atom. The molecule has 0 aromatic carbocycles. The van der Waals surface area contributed by atoms with Crippen LogP contribution in [0.1, 0.15) is 40.0 Å². The lowest BCUT2D eigenvalue weighted by Gasteiger charge is -2.08. The summed E-state index contributed by atoms with van der Waals surface area (Å²) in [4.78, 5) is 11.1. The fraction of sp³-hybridized carbons (Fsp3) is 0.700. The fourth-order valence-corrected chi connectivity index (χ4v) is 0.929. The Bertz CT molecular complexity index is 147. The maximum Gasteiger partial charge on any atom is 0.158 e. The Morgan fingerprint density at radius 3 is 2.36 bits per heavy atom. The Kier molecular flexibility index (Phi) is 4.84. The zero-order valence-electron chi connectivity index (χ0n) is 7.81. The molecule has 0 aliphatic rings. The summed E-state index contributed by atoms with van der Waals surface area (Å²) >= 11 is 0. The first-order valence-corrected chi connectivity index (χ1v) is 4.32. The number of carbonyl (C=O) groups excluding carboxylic acids is 1. The van der Waals surface area contributed by atoms with E-state index < -0.39 is 0 Å². The second-order valence-corrected chi connectivity index (χ2v) is 3.10. The molecule has 0 spiro atoms. The quantitative estimate of drug-likeness (QED) is 0.556. The highest BCUT2D eigenvalue weighted by Gasteiger charge is 2.07. The van der Waals surface area contributed by atoms with E-state index in [2.05, 4.69) is 20.4 Å². The number of allylic oxidation sites excluding steroid dienone is 1. The molecule has 0 heterocycles.